The van der Waals surface area contributed by atoms with Gasteiger partial charge in [0.25, 0.3) is 0 Å². The van der Waals surface area contributed by atoms with Crippen LogP contribution >= 0.6 is 11.3 Å². The smallest absolute Gasteiger partial charge is 0.242 e. The van der Waals surface area contributed by atoms with Crippen LogP contribution in [-0.2, 0) is 17.8 Å². The van der Waals surface area contributed by atoms with Crippen molar-refractivity contribution in [1.82, 2.24) is 15.1 Å². The minimum Gasteiger partial charge on any atom is -0.343 e. The summed E-state index contributed by atoms with van der Waals surface area (Å²) in [6, 6.07) is 19.4. The first-order valence-electron chi connectivity index (χ1n) is 10.0. The molecule has 4 rings (SSSR count). The number of aromatic nitrogens is 2. The van der Waals surface area contributed by atoms with Gasteiger partial charge in [0, 0.05) is 10.3 Å². The van der Waals surface area contributed by atoms with E-state index in [1.807, 2.05) is 29.6 Å². The van der Waals surface area contributed by atoms with E-state index in [4.69, 9.17) is 0 Å². The van der Waals surface area contributed by atoms with Gasteiger partial charge in [0.15, 0.2) is 0 Å². The number of nitrogens with one attached hydrogen (secondary N) is 1. The molecule has 0 saturated carbocycles. The summed E-state index contributed by atoms with van der Waals surface area (Å²) >= 11 is 1.61. The molecule has 0 radical (unpaired) electrons. The number of aryl methyl sites for hydroxylation is 1. The van der Waals surface area contributed by atoms with Gasteiger partial charge in [0.1, 0.15) is 6.54 Å². The monoisotopic (exact) mass is 417 g/mol. The van der Waals surface area contributed by atoms with Gasteiger partial charge < -0.3 is 5.32 Å². The second-order valence-electron chi connectivity index (χ2n) is 7.19. The summed E-state index contributed by atoms with van der Waals surface area (Å²) in [6.07, 6.45) is 3.41. The standard InChI is InChI=1S/C24H23N3O2S/c1-2-6-17-10-12-18(13-11-17)24(22-9-5-14-30-22)26-23(29)16-27-20-8-4-3-7-19(20)21(28)15-25-27/h3-5,7-15,24H,2,6,16H2,1H3,(H,26,29). The molecule has 1 amide bonds. The Labute approximate surface area is 179 Å². The second kappa shape index (κ2) is 9.05. The fraction of sp³-hybridized carbons (Fsp3) is 0.208. The molecule has 1 N–H and O–H groups in total. The Morgan fingerprint density at radius 1 is 1.10 bits per heavy atom. The van der Waals surface area contributed by atoms with Gasteiger partial charge in [0.05, 0.1) is 17.8 Å². The van der Waals surface area contributed by atoms with Crippen LogP contribution in [0.25, 0.3) is 10.9 Å². The molecule has 2 aromatic heterocycles. The highest BCUT2D eigenvalue weighted by Crippen LogP contribution is 2.26. The molecule has 0 aliphatic heterocycles. The summed E-state index contributed by atoms with van der Waals surface area (Å²) in [4.78, 5) is 26.1. The molecule has 1 unspecified atom stereocenters. The number of amides is 1. The molecule has 5 nitrogen and oxygen atoms in total. The Bertz CT molecular complexity index is 1200. The molecule has 4 aromatic rings. The Kier molecular flexibility index (Phi) is 6.05. The zero-order valence-electron chi connectivity index (χ0n) is 16.7. The Morgan fingerprint density at radius 3 is 2.63 bits per heavy atom. The number of carbonyl (C=O) groups is 1. The van der Waals surface area contributed by atoms with Crippen LogP contribution in [0.2, 0.25) is 0 Å². The zero-order valence-corrected chi connectivity index (χ0v) is 17.6. The lowest BCUT2D eigenvalue weighted by Crippen LogP contribution is -2.32. The molecule has 30 heavy (non-hydrogen) atoms. The van der Waals surface area contributed by atoms with Crippen LogP contribution in [0.3, 0.4) is 0 Å². The van der Waals surface area contributed by atoms with E-state index in [0.29, 0.717) is 10.9 Å². The predicted octanol–water partition coefficient (Wildman–Crippen LogP) is 4.32. The zero-order chi connectivity index (χ0) is 20.9. The summed E-state index contributed by atoms with van der Waals surface area (Å²) in [5.74, 6) is -0.160. The average Bonchev–Trinajstić information content (AvgIpc) is 3.30. The second-order valence-corrected chi connectivity index (χ2v) is 8.17. The highest BCUT2D eigenvalue weighted by Gasteiger charge is 2.19. The predicted molar refractivity (Wildman–Crippen MR) is 121 cm³/mol. The van der Waals surface area contributed by atoms with Crippen molar-refractivity contribution in [2.75, 3.05) is 0 Å². The lowest BCUT2D eigenvalue weighted by molar-refractivity contribution is -0.122. The minimum absolute atomic E-state index is 0.0383. The Morgan fingerprint density at radius 2 is 1.90 bits per heavy atom. The molecule has 1 atom stereocenters. The fourth-order valence-corrected chi connectivity index (χ4v) is 4.37. The van der Waals surface area contributed by atoms with Crippen LogP contribution in [0.5, 0.6) is 0 Å². The molecule has 2 aromatic carbocycles. The maximum Gasteiger partial charge on any atom is 0.242 e. The van der Waals surface area contributed by atoms with E-state index < -0.39 is 0 Å². The van der Waals surface area contributed by atoms with Crippen LogP contribution in [0, 0.1) is 0 Å². The lowest BCUT2D eigenvalue weighted by atomic mass is 10.0. The normalized spacial score (nSPS) is 12.0. The van der Waals surface area contributed by atoms with Crippen molar-refractivity contribution < 1.29 is 4.79 Å². The molecule has 2 heterocycles. The van der Waals surface area contributed by atoms with Gasteiger partial charge >= 0.3 is 0 Å². The third kappa shape index (κ3) is 4.33. The molecule has 0 bridgehead atoms. The number of hydrogen-bond acceptors (Lipinski definition) is 4. The number of para-hydroxylation sites is 1. The van der Waals surface area contributed by atoms with Crippen molar-refractivity contribution in [1.29, 1.82) is 0 Å². The Hall–Kier alpha value is -3.25. The van der Waals surface area contributed by atoms with Crippen LogP contribution in [0.1, 0.15) is 35.4 Å². The number of fused-ring (bicyclic) bond motifs is 1. The van der Waals surface area contributed by atoms with Gasteiger partial charge in [0.2, 0.25) is 11.3 Å². The van der Waals surface area contributed by atoms with Crippen LogP contribution in [0.15, 0.2) is 77.0 Å². The van der Waals surface area contributed by atoms with Gasteiger partial charge in [-0.15, -0.1) is 11.3 Å². The third-order valence-electron chi connectivity index (χ3n) is 5.04. The average molecular weight is 418 g/mol. The number of hydrogen-bond donors (Lipinski definition) is 1. The van der Waals surface area contributed by atoms with Crippen LogP contribution in [-0.4, -0.2) is 15.7 Å². The first kappa shape index (κ1) is 20.0. The number of benzene rings is 2. The van der Waals surface area contributed by atoms with Crippen molar-refractivity contribution in [2.45, 2.75) is 32.4 Å². The molecular weight excluding hydrogens is 394 g/mol. The summed E-state index contributed by atoms with van der Waals surface area (Å²) in [5.41, 5.74) is 2.84. The van der Waals surface area contributed by atoms with Crippen molar-refractivity contribution >= 4 is 28.1 Å². The van der Waals surface area contributed by atoms with E-state index in [1.165, 1.54) is 11.8 Å². The van der Waals surface area contributed by atoms with Crippen molar-refractivity contribution in [3.8, 4) is 0 Å². The van der Waals surface area contributed by atoms with Gasteiger partial charge in [-0.3, -0.25) is 14.3 Å². The summed E-state index contributed by atoms with van der Waals surface area (Å²) in [5, 5.41) is 9.88. The molecule has 0 aliphatic carbocycles. The van der Waals surface area contributed by atoms with E-state index in [2.05, 4.69) is 41.6 Å². The quantitative estimate of drug-likeness (QED) is 0.487. The van der Waals surface area contributed by atoms with E-state index in [9.17, 15) is 9.59 Å². The van der Waals surface area contributed by atoms with E-state index in [-0.39, 0.29) is 23.9 Å². The van der Waals surface area contributed by atoms with Gasteiger partial charge in [-0.05, 0) is 41.1 Å². The summed E-state index contributed by atoms with van der Waals surface area (Å²) < 4.78 is 1.57. The van der Waals surface area contributed by atoms with Gasteiger partial charge in [-0.1, -0.05) is 55.8 Å². The first-order chi connectivity index (χ1) is 14.7. The van der Waals surface area contributed by atoms with Crippen LogP contribution < -0.4 is 10.7 Å². The largest absolute Gasteiger partial charge is 0.343 e. The highest BCUT2D eigenvalue weighted by atomic mass is 32.1. The Balaban J connectivity index is 1.59. The van der Waals surface area contributed by atoms with E-state index >= 15 is 0 Å². The van der Waals surface area contributed by atoms with Crippen molar-refractivity contribution in [2.24, 2.45) is 0 Å². The first-order valence-corrected chi connectivity index (χ1v) is 10.9. The number of nitrogens with zero attached hydrogens (tertiary/aromatic N) is 2. The molecule has 152 valence electrons. The van der Waals surface area contributed by atoms with Gasteiger partial charge in [-0.2, -0.15) is 5.10 Å². The van der Waals surface area contributed by atoms with E-state index in [0.717, 1.165) is 23.3 Å². The third-order valence-corrected chi connectivity index (χ3v) is 5.98. The SMILES string of the molecule is CCCc1ccc(C(NC(=O)Cn2ncc(=O)c3ccccc32)c2cccs2)cc1. The molecule has 0 fully saturated rings. The maximum atomic E-state index is 12.9. The number of carbonyl (C=O) groups excluding carboxylic acids is 1. The summed E-state index contributed by atoms with van der Waals surface area (Å²) in [6.45, 7) is 2.20. The van der Waals surface area contributed by atoms with Crippen LogP contribution in [0.4, 0.5) is 0 Å². The fourth-order valence-electron chi connectivity index (χ4n) is 3.57. The molecule has 0 aliphatic rings. The van der Waals surface area contributed by atoms with Crippen molar-refractivity contribution in [3.63, 3.8) is 0 Å². The molecule has 0 spiro atoms. The van der Waals surface area contributed by atoms with Gasteiger partial charge in [-0.25, -0.2) is 0 Å². The number of rotatable bonds is 7. The maximum absolute atomic E-state index is 12.9. The number of thiophene rings is 1. The minimum atomic E-state index is -0.223. The highest BCUT2D eigenvalue weighted by molar-refractivity contribution is 7.10. The molecular formula is C24H23N3O2S. The summed E-state index contributed by atoms with van der Waals surface area (Å²) in [7, 11) is 0. The van der Waals surface area contributed by atoms with E-state index in [1.54, 1.807) is 28.2 Å². The molecule has 6 heteroatoms. The van der Waals surface area contributed by atoms with Crippen molar-refractivity contribution in [3.05, 3.63) is 98.5 Å². The molecule has 0 saturated heterocycles. The topological polar surface area (TPSA) is 64.0 Å². The lowest BCUT2D eigenvalue weighted by Gasteiger charge is -2.19.